The monoisotopic (exact) mass is 413 g/mol. The van der Waals surface area contributed by atoms with Crippen LogP contribution in [0.25, 0.3) is 0 Å². The highest BCUT2D eigenvalue weighted by atomic mass is 32.1. The molecule has 0 atom stereocenters. The molecule has 0 aliphatic rings. The maximum atomic E-state index is 6.10. The zero-order valence-electron chi connectivity index (χ0n) is 15.5. The predicted molar refractivity (Wildman–Crippen MR) is 127 cm³/mol. The van der Waals surface area contributed by atoms with Crippen molar-refractivity contribution in [3.05, 3.63) is 93.3 Å². The van der Waals surface area contributed by atoms with Gasteiger partial charge in [-0.25, -0.2) is 9.98 Å². The average molecular weight is 413 g/mol. The van der Waals surface area contributed by atoms with Gasteiger partial charge >= 0.3 is 0 Å². The van der Waals surface area contributed by atoms with Crippen molar-refractivity contribution >= 4 is 63.9 Å². The molecule has 0 saturated carbocycles. The van der Waals surface area contributed by atoms with E-state index < -0.39 is 0 Å². The van der Waals surface area contributed by atoms with Crippen LogP contribution in [0.15, 0.2) is 93.5 Å². The summed E-state index contributed by atoms with van der Waals surface area (Å²) in [5.74, 6) is 1.05. The number of amidine groups is 2. The molecule has 29 heavy (non-hydrogen) atoms. The summed E-state index contributed by atoms with van der Waals surface area (Å²) in [6.45, 7) is 0. The third-order valence-electron chi connectivity index (χ3n) is 4.12. The fourth-order valence-corrected chi connectivity index (χ4v) is 4.05. The van der Waals surface area contributed by atoms with Gasteiger partial charge in [-0.1, -0.05) is 47.3 Å². The van der Waals surface area contributed by atoms with E-state index in [1.807, 2.05) is 83.6 Å². The SMILES string of the molecule is NC(=Nc1cccc([B]c2cccc(N=C(N)c3cccs3)c2)c1)c1cccs1. The highest BCUT2D eigenvalue weighted by molar-refractivity contribution is 7.12. The van der Waals surface area contributed by atoms with Gasteiger partial charge in [-0.05, 0) is 47.2 Å². The Morgan fingerprint density at radius 2 is 1.14 bits per heavy atom. The highest BCUT2D eigenvalue weighted by Gasteiger charge is 2.05. The Kier molecular flexibility index (Phi) is 5.88. The first-order valence-electron chi connectivity index (χ1n) is 8.98. The largest absolute Gasteiger partial charge is 0.383 e. The van der Waals surface area contributed by atoms with Gasteiger partial charge in [-0.2, -0.15) is 0 Å². The molecule has 0 amide bonds. The summed E-state index contributed by atoms with van der Waals surface area (Å²) >= 11 is 3.15. The number of benzene rings is 2. The number of thiophene rings is 2. The lowest BCUT2D eigenvalue weighted by atomic mass is 9.64. The second-order valence-corrected chi connectivity index (χ2v) is 8.18. The van der Waals surface area contributed by atoms with Crippen LogP contribution in [0.4, 0.5) is 11.4 Å². The molecule has 0 saturated heterocycles. The van der Waals surface area contributed by atoms with Crippen LogP contribution < -0.4 is 22.4 Å². The van der Waals surface area contributed by atoms with Crippen molar-refractivity contribution in [2.45, 2.75) is 0 Å². The predicted octanol–water partition coefficient (Wildman–Crippen LogP) is 3.54. The summed E-state index contributed by atoms with van der Waals surface area (Å²) < 4.78 is 0. The lowest BCUT2D eigenvalue weighted by Crippen LogP contribution is -2.26. The van der Waals surface area contributed by atoms with Crippen molar-refractivity contribution in [3.63, 3.8) is 0 Å². The zero-order valence-corrected chi connectivity index (χ0v) is 17.2. The fourth-order valence-electron chi connectivity index (χ4n) is 2.80. The van der Waals surface area contributed by atoms with E-state index in [2.05, 4.69) is 17.3 Å². The number of aliphatic imine (C=N–C) groups is 2. The van der Waals surface area contributed by atoms with Crippen LogP contribution in [0.5, 0.6) is 0 Å². The number of hydrogen-bond acceptors (Lipinski definition) is 4. The summed E-state index contributed by atoms with van der Waals surface area (Å²) in [7, 11) is 2.08. The van der Waals surface area contributed by atoms with Crippen LogP contribution in [0.1, 0.15) is 9.75 Å². The highest BCUT2D eigenvalue weighted by Crippen LogP contribution is 2.15. The first-order valence-corrected chi connectivity index (χ1v) is 10.7. The molecule has 1 radical (unpaired) electrons. The third-order valence-corrected chi connectivity index (χ3v) is 5.90. The van der Waals surface area contributed by atoms with Gasteiger partial charge in [0.05, 0.1) is 21.1 Å². The Morgan fingerprint density at radius 1 is 0.655 bits per heavy atom. The standard InChI is InChI=1S/C22H18BN4S2/c24-21(19-9-3-11-28-19)26-17-7-1-5-15(13-17)23-16-6-2-8-18(14-16)27-22(25)20-10-4-12-29-20/h1-14H,(H2,24,26)(H2,25,27). The lowest BCUT2D eigenvalue weighted by Gasteiger charge is -2.05. The van der Waals surface area contributed by atoms with E-state index in [4.69, 9.17) is 11.5 Å². The molecule has 141 valence electrons. The second kappa shape index (κ2) is 8.90. The van der Waals surface area contributed by atoms with Crippen LogP contribution in [0.2, 0.25) is 0 Å². The molecule has 0 spiro atoms. The van der Waals surface area contributed by atoms with Crippen LogP contribution >= 0.6 is 22.7 Å². The van der Waals surface area contributed by atoms with Crippen molar-refractivity contribution in [2.24, 2.45) is 21.5 Å². The van der Waals surface area contributed by atoms with Gasteiger partial charge in [0.1, 0.15) is 11.7 Å². The summed E-state index contributed by atoms with van der Waals surface area (Å²) in [4.78, 5) is 11.0. The average Bonchev–Trinajstić information content (AvgIpc) is 3.43. The quantitative estimate of drug-likeness (QED) is 0.288. The van der Waals surface area contributed by atoms with Crippen LogP contribution in [-0.4, -0.2) is 19.0 Å². The van der Waals surface area contributed by atoms with E-state index in [0.29, 0.717) is 11.7 Å². The molecule has 7 heteroatoms. The molecular weight excluding hydrogens is 395 g/mol. The summed E-state index contributed by atoms with van der Waals surface area (Å²) in [6, 6.07) is 23.8. The summed E-state index contributed by atoms with van der Waals surface area (Å²) in [6.07, 6.45) is 0. The minimum Gasteiger partial charge on any atom is -0.383 e. The van der Waals surface area contributed by atoms with E-state index in [1.54, 1.807) is 22.7 Å². The van der Waals surface area contributed by atoms with Gasteiger partial charge < -0.3 is 11.5 Å². The molecule has 0 aliphatic carbocycles. The molecule has 4 N–H and O–H groups in total. The Labute approximate surface area is 178 Å². The smallest absolute Gasteiger partial charge is 0.191 e. The lowest BCUT2D eigenvalue weighted by molar-refractivity contribution is 1.48. The van der Waals surface area contributed by atoms with E-state index in [1.165, 1.54) is 0 Å². The van der Waals surface area contributed by atoms with E-state index in [0.717, 1.165) is 32.1 Å². The van der Waals surface area contributed by atoms with Gasteiger partial charge in [0.2, 0.25) is 0 Å². The van der Waals surface area contributed by atoms with Gasteiger partial charge in [0.15, 0.2) is 7.28 Å². The van der Waals surface area contributed by atoms with Crippen molar-refractivity contribution in [2.75, 3.05) is 0 Å². The molecule has 2 heterocycles. The minimum atomic E-state index is 0.525. The van der Waals surface area contributed by atoms with Gasteiger partial charge in [-0.3, -0.25) is 0 Å². The topological polar surface area (TPSA) is 76.8 Å². The number of rotatable bonds is 6. The second-order valence-electron chi connectivity index (χ2n) is 6.28. The fraction of sp³-hybridized carbons (Fsp3) is 0. The summed E-state index contributed by atoms with van der Waals surface area (Å²) in [5.41, 5.74) is 15.9. The Balaban J connectivity index is 1.53. The van der Waals surface area contributed by atoms with Gasteiger partial charge in [0.25, 0.3) is 0 Å². The van der Waals surface area contributed by atoms with Crippen LogP contribution in [0, 0.1) is 0 Å². The normalized spacial score (nSPS) is 12.1. The van der Waals surface area contributed by atoms with Crippen molar-refractivity contribution in [1.82, 2.24) is 0 Å². The van der Waals surface area contributed by atoms with Crippen molar-refractivity contribution < 1.29 is 0 Å². The van der Waals surface area contributed by atoms with Crippen molar-refractivity contribution in [3.8, 4) is 0 Å². The zero-order chi connectivity index (χ0) is 20.1. The van der Waals surface area contributed by atoms with Gasteiger partial charge in [-0.15, -0.1) is 22.7 Å². The maximum absolute atomic E-state index is 6.10. The first-order chi connectivity index (χ1) is 14.2. The number of nitrogens with zero attached hydrogens (tertiary/aromatic N) is 2. The van der Waals surface area contributed by atoms with Crippen LogP contribution in [0.3, 0.4) is 0 Å². The van der Waals surface area contributed by atoms with Crippen LogP contribution in [-0.2, 0) is 0 Å². The van der Waals surface area contributed by atoms with Crippen molar-refractivity contribution in [1.29, 1.82) is 0 Å². The Hall–Kier alpha value is -3.16. The molecule has 4 aromatic rings. The Morgan fingerprint density at radius 3 is 1.55 bits per heavy atom. The maximum Gasteiger partial charge on any atom is 0.191 e. The van der Waals surface area contributed by atoms with E-state index in [9.17, 15) is 0 Å². The molecule has 0 unspecified atom stereocenters. The van der Waals surface area contributed by atoms with Gasteiger partial charge in [0, 0.05) is 0 Å². The number of nitrogens with two attached hydrogens (primary N) is 2. The summed E-state index contributed by atoms with van der Waals surface area (Å²) in [5, 5.41) is 3.98. The number of hydrogen-bond donors (Lipinski definition) is 2. The molecule has 4 nitrogen and oxygen atoms in total. The third kappa shape index (κ3) is 5.02. The molecular formula is C22H18BN4S2. The molecule has 2 aromatic carbocycles. The molecule has 0 bridgehead atoms. The van der Waals surface area contributed by atoms with E-state index in [-0.39, 0.29) is 0 Å². The first kappa shape index (κ1) is 19.2. The minimum absolute atomic E-state index is 0.525. The molecule has 4 rings (SSSR count). The molecule has 0 fully saturated rings. The molecule has 2 aromatic heterocycles. The molecule has 0 aliphatic heterocycles. The Bertz CT molecular complexity index is 1060. The van der Waals surface area contributed by atoms with E-state index >= 15 is 0 Å².